The first-order valence-electron chi connectivity index (χ1n) is 7.48. The summed E-state index contributed by atoms with van der Waals surface area (Å²) in [6.07, 6.45) is 0.175. The number of ether oxygens (including phenoxy) is 3. The number of aryl methyl sites for hydroxylation is 1. The maximum absolute atomic E-state index is 11.9. The zero-order valence-electron chi connectivity index (χ0n) is 14.2. The van der Waals surface area contributed by atoms with Crippen LogP contribution in [0.25, 0.3) is 11.1 Å². The molecule has 0 radical (unpaired) electrons. The van der Waals surface area contributed by atoms with E-state index in [0.717, 1.165) is 28.3 Å². The van der Waals surface area contributed by atoms with Crippen molar-refractivity contribution in [2.24, 2.45) is 5.92 Å². The van der Waals surface area contributed by atoms with E-state index in [4.69, 9.17) is 14.2 Å². The van der Waals surface area contributed by atoms with Gasteiger partial charge in [0.25, 0.3) is 0 Å². The van der Waals surface area contributed by atoms with Gasteiger partial charge in [-0.15, -0.1) is 0 Å². The molecule has 0 bridgehead atoms. The molecule has 1 N–H and O–H groups in total. The molecule has 0 unspecified atom stereocenters. The lowest BCUT2D eigenvalue weighted by atomic mass is 9.98. The van der Waals surface area contributed by atoms with Crippen molar-refractivity contribution in [1.29, 1.82) is 0 Å². The Hall–Kier alpha value is -2.76. The molecule has 0 aliphatic rings. The molecule has 0 aliphatic heterocycles. The van der Waals surface area contributed by atoms with Crippen LogP contribution in [0.15, 0.2) is 30.3 Å². The van der Waals surface area contributed by atoms with Crippen molar-refractivity contribution in [2.75, 3.05) is 21.3 Å². The largest absolute Gasteiger partial charge is 0.497 e. The predicted molar refractivity (Wildman–Crippen MR) is 88.7 cm³/mol. The van der Waals surface area contributed by atoms with Crippen LogP contribution in [0.1, 0.15) is 11.4 Å². The number of aromatic amines is 1. The first-order chi connectivity index (χ1) is 11.5. The monoisotopic (exact) mass is 331 g/mol. The highest BCUT2D eigenvalue weighted by molar-refractivity contribution is 5.95. The lowest BCUT2D eigenvalue weighted by Crippen LogP contribution is -2.28. The summed E-state index contributed by atoms with van der Waals surface area (Å²) in [6.45, 7) is 1.92. The molecule has 6 nitrogen and oxygen atoms in total. The van der Waals surface area contributed by atoms with Crippen molar-refractivity contribution >= 4 is 11.9 Å². The van der Waals surface area contributed by atoms with E-state index in [1.54, 1.807) is 7.11 Å². The Morgan fingerprint density at radius 3 is 2.12 bits per heavy atom. The van der Waals surface area contributed by atoms with Crippen molar-refractivity contribution < 1.29 is 23.8 Å². The SMILES string of the molecule is COC(=O)C(Cc1[nH]c(C)cc1-c1ccc(OC)cc1)C(=O)OC. The fourth-order valence-corrected chi connectivity index (χ4v) is 2.59. The minimum absolute atomic E-state index is 0.175. The number of rotatable bonds is 6. The van der Waals surface area contributed by atoms with Crippen molar-refractivity contribution in [1.82, 2.24) is 4.98 Å². The van der Waals surface area contributed by atoms with E-state index in [9.17, 15) is 9.59 Å². The Labute approximate surface area is 140 Å². The van der Waals surface area contributed by atoms with Gasteiger partial charge in [0, 0.05) is 23.4 Å². The third-order valence-corrected chi connectivity index (χ3v) is 3.81. The molecule has 0 amide bonds. The first kappa shape index (κ1) is 17.6. The Kier molecular flexibility index (Phi) is 5.63. The number of methoxy groups -OCH3 is 3. The number of carbonyl (C=O) groups is 2. The van der Waals surface area contributed by atoms with Gasteiger partial charge in [-0.3, -0.25) is 9.59 Å². The lowest BCUT2D eigenvalue weighted by Gasteiger charge is -2.13. The molecular weight excluding hydrogens is 310 g/mol. The molecule has 1 aromatic heterocycles. The minimum atomic E-state index is -1.00. The second-order valence-electron chi connectivity index (χ2n) is 5.38. The second kappa shape index (κ2) is 7.68. The van der Waals surface area contributed by atoms with E-state index in [1.807, 2.05) is 37.3 Å². The normalized spacial score (nSPS) is 10.5. The summed E-state index contributed by atoms with van der Waals surface area (Å²) in [6, 6.07) is 9.55. The Morgan fingerprint density at radius 2 is 1.62 bits per heavy atom. The van der Waals surface area contributed by atoms with Gasteiger partial charge in [-0.05, 0) is 30.7 Å². The number of aromatic nitrogens is 1. The van der Waals surface area contributed by atoms with Crippen LogP contribution in [0.2, 0.25) is 0 Å². The number of hydrogen-bond donors (Lipinski definition) is 1. The standard InChI is InChI=1S/C18H21NO5/c1-11-9-14(12-5-7-13(22-2)8-6-12)16(19-11)10-15(17(20)23-3)18(21)24-4/h5-9,15,19H,10H2,1-4H3. The van der Waals surface area contributed by atoms with E-state index in [2.05, 4.69) is 4.98 Å². The summed E-state index contributed by atoms with van der Waals surface area (Å²) >= 11 is 0. The van der Waals surface area contributed by atoms with Crippen LogP contribution in [0.4, 0.5) is 0 Å². The first-order valence-corrected chi connectivity index (χ1v) is 7.48. The molecule has 2 rings (SSSR count). The van der Waals surface area contributed by atoms with Crippen LogP contribution in [0.5, 0.6) is 5.75 Å². The maximum atomic E-state index is 11.9. The summed E-state index contributed by atoms with van der Waals surface area (Å²) in [7, 11) is 4.11. The highest BCUT2D eigenvalue weighted by atomic mass is 16.5. The third-order valence-electron chi connectivity index (χ3n) is 3.81. The number of benzene rings is 1. The lowest BCUT2D eigenvalue weighted by molar-refractivity contribution is -0.158. The summed E-state index contributed by atoms with van der Waals surface area (Å²) in [5, 5.41) is 0. The van der Waals surface area contributed by atoms with Gasteiger partial charge in [-0.1, -0.05) is 12.1 Å². The van der Waals surface area contributed by atoms with Gasteiger partial charge < -0.3 is 19.2 Å². The zero-order chi connectivity index (χ0) is 17.7. The van der Waals surface area contributed by atoms with Crippen molar-refractivity contribution in [3.63, 3.8) is 0 Å². The van der Waals surface area contributed by atoms with Gasteiger partial charge >= 0.3 is 11.9 Å². The van der Waals surface area contributed by atoms with E-state index in [0.29, 0.717) is 0 Å². The van der Waals surface area contributed by atoms with Gasteiger partial charge in [-0.2, -0.15) is 0 Å². The van der Waals surface area contributed by atoms with Crippen LogP contribution < -0.4 is 4.74 Å². The van der Waals surface area contributed by atoms with Crippen LogP contribution in [0, 0.1) is 12.8 Å². The molecule has 24 heavy (non-hydrogen) atoms. The number of nitrogens with one attached hydrogen (secondary N) is 1. The average molecular weight is 331 g/mol. The van der Waals surface area contributed by atoms with Crippen LogP contribution in [-0.4, -0.2) is 38.3 Å². The molecule has 1 heterocycles. The van der Waals surface area contributed by atoms with E-state index < -0.39 is 17.9 Å². The number of hydrogen-bond acceptors (Lipinski definition) is 5. The van der Waals surface area contributed by atoms with Gasteiger partial charge in [0.1, 0.15) is 5.75 Å². The van der Waals surface area contributed by atoms with Crippen molar-refractivity contribution in [3.8, 4) is 16.9 Å². The number of H-pyrrole nitrogens is 1. The summed E-state index contributed by atoms with van der Waals surface area (Å²) in [5.74, 6) is -1.48. The molecule has 1 aromatic carbocycles. The molecule has 128 valence electrons. The van der Waals surface area contributed by atoms with E-state index in [1.165, 1.54) is 14.2 Å². The van der Waals surface area contributed by atoms with Gasteiger partial charge in [0.15, 0.2) is 5.92 Å². The quantitative estimate of drug-likeness (QED) is 0.650. The predicted octanol–water partition coefficient (Wildman–Crippen LogP) is 2.50. The topological polar surface area (TPSA) is 77.6 Å². The fourth-order valence-electron chi connectivity index (χ4n) is 2.59. The van der Waals surface area contributed by atoms with Crippen molar-refractivity contribution in [3.05, 3.63) is 41.7 Å². The molecule has 0 saturated carbocycles. The number of esters is 2. The summed E-state index contributed by atoms with van der Waals surface area (Å²) < 4.78 is 14.6. The Morgan fingerprint density at radius 1 is 1.04 bits per heavy atom. The highest BCUT2D eigenvalue weighted by Crippen LogP contribution is 2.28. The van der Waals surface area contributed by atoms with Gasteiger partial charge in [0.05, 0.1) is 21.3 Å². The second-order valence-corrected chi connectivity index (χ2v) is 5.38. The van der Waals surface area contributed by atoms with Crippen molar-refractivity contribution in [2.45, 2.75) is 13.3 Å². The number of carbonyl (C=O) groups excluding carboxylic acids is 2. The van der Waals surface area contributed by atoms with Crippen LogP contribution >= 0.6 is 0 Å². The molecule has 0 fully saturated rings. The molecule has 6 heteroatoms. The highest BCUT2D eigenvalue weighted by Gasteiger charge is 2.30. The maximum Gasteiger partial charge on any atom is 0.320 e. The third kappa shape index (κ3) is 3.76. The van der Waals surface area contributed by atoms with Gasteiger partial charge in [-0.25, -0.2) is 0 Å². The fraction of sp³-hybridized carbons (Fsp3) is 0.333. The molecule has 0 spiro atoms. The molecular formula is C18H21NO5. The zero-order valence-corrected chi connectivity index (χ0v) is 14.2. The minimum Gasteiger partial charge on any atom is -0.497 e. The van der Waals surface area contributed by atoms with Crippen LogP contribution in [0.3, 0.4) is 0 Å². The molecule has 0 atom stereocenters. The smallest absolute Gasteiger partial charge is 0.320 e. The van der Waals surface area contributed by atoms with E-state index >= 15 is 0 Å². The average Bonchev–Trinajstić information content (AvgIpc) is 2.98. The summed E-state index contributed by atoms with van der Waals surface area (Å²) in [5.41, 5.74) is 3.60. The molecule has 2 aromatic rings. The summed E-state index contributed by atoms with van der Waals surface area (Å²) in [4.78, 5) is 27.0. The molecule has 0 aliphatic carbocycles. The molecule has 0 saturated heterocycles. The van der Waals surface area contributed by atoms with E-state index in [-0.39, 0.29) is 6.42 Å². The Balaban J connectivity index is 2.36. The van der Waals surface area contributed by atoms with Gasteiger partial charge in [0.2, 0.25) is 0 Å². The van der Waals surface area contributed by atoms with Crippen LogP contribution in [-0.2, 0) is 25.5 Å². The Bertz CT molecular complexity index is 702.